The van der Waals surface area contributed by atoms with E-state index in [9.17, 15) is 4.39 Å². The van der Waals surface area contributed by atoms with Gasteiger partial charge < -0.3 is 10.1 Å². The van der Waals surface area contributed by atoms with Crippen molar-refractivity contribution in [2.45, 2.75) is 6.54 Å². The Hall–Kier alpha value is -3.41. The molecule has 2 aromatic carbocycles. The Morgan fingerprint density at radius 2 is 1.85 bits per heavy atom. The summed E-state index contributed by atoms with van der Waals surface area (Å²) in [6.07, 6.45) is 3.62. The smallest absolute Gasteiger partial charge is 0.235 e. The van der Waals surface area contributed by atoms with Gasteiger partial charge in [0.2, 0.25) is 5.78 Å². The van der Waals surface area contributed by atoms with Crippen LogP contribution in [0.15, 0.2) is 67.0 Å². The lowest BCUT2D eigenvalue weighted by Gasteiger charge is -2.09. The summed E-state index contributed by atoms with van der Waals surface area (Å²) in [6, 6.07) is 16.0. The van der Waals surface area contributed by atoms with E-state index in [1.54, 1.807) is 25.4 Å². The highest BCUT2D eigenvalue weighted by Crippen LogP contribution is 2.29. The molecular weight excluding hydrogens is 331 g/mol. The van der Waals surface area contributed by atoms with Crippen molar-refractivity contribution in [1.29, 1.82) is 0 Å². The minimum absolute atomic E-state index is 0.244. The Morgan fingerprint density at radius 1 is 1.08 bits per heavy atom. The third-order valence-electron chi connectivity index (χ3n) is 4.14. The van der Waals surface area contributed by atoms with Crippen LogP contribution in [0.25, 0.3) is 17.0 Å². The molecule has 0 bridgehead atoms. The molecule has 0 unspecified atom stereocenters. The number of anilines is 1. The van der Waals surface area contributed by atoms with E-state index in [4.69, 9.17) is 4.74 Å². The van der Waals surface area contributed by atoms with Gasteiger partial charge in [-0.15, -0.1) is 0 Å². The van der Waals surface area contributed by atoms with E-state index in [2.05, 4.69) is 15.3 Å². The number of imidazole rings is 1. The van der Waals surface area contributed by atoms with Gasteiger partial charge in [-0.05, 0) is 48.0 Å². The van der Waals surface area contributed by atoms with Crippen LogP contribution in [0.5, 0.6) is 5.75 Å². The fourth-order valence-electron chi connectivity index (χ4n) is 2.79. The van der Waals surface area contributed by atoms with E-state index >= 15 is 0 Å². The second-order valence-corrected chi connectivity index (χ2v) is 5.81. The summed E-state index contributed by atoms with van der Waals surface area (Å²) in [5, 5.41) is 3.41. The second-order valence-electron chi connectivity index (χ2n) is 5.81. The van der Waals surface area contributed by atoms with Gasteiger partial charge in [0.25, 0.3) is 0 Å². The van der Waals surface area contributed by atoms with Gasteiger partial charge in [-0.3, -0.25) is 4.40 Å². The summed E-state index contributed by atoms with van der Waals surface area (Å²) >= 11 is 0. The quantitative estimate of drug-likeness (QED) is 0.588. The monoisotopic (exact) mass is 348 g/mol. The van der Waals surface area contributed by atoms with Crippen LogP contribution in [0.1, 0.15) is 5.56 Å². The Labute approximate surface area is 150 Å². The van der Waals surface area contributed by atoms with Crippen molar-refractivity contribution in [2.24, 2.45) is 0 Å². The Kier molecular flexibility index (Phi) is 4.23. The molecular formula is C20H17FN4O. The Morgan fingerprint density at radius 3 is 2.58 bits per heavy atom. The maximum absolute atomic E-state index is 13.1. The van der Waals surface area contributed by atoms with Crippen LogP contribution in [-0.2, 0) is 6.54 Å². The fourth-order valence-corrected chi connectivity index (χ4v) is 2.79. The number of rotatable bonds is 5. The molecule has 0 amide bonds. The van der Waals surface area contributed by atoms with Crippen molar-refractivity contribution in [3.8, 4) is 17.0 Å². The van der Waals surface area contributed by atoms with Crippen LogP contribution >= 0.6 is 0 Å². The first-order valence-electron chi connectivity index (χ1n) is 8.20. The number of halogens is 1. The van der Waals surface area contributed by atoms with Gasteiger partial charge in [-0.1, -0.05) is 12.1 Å². The molecule has 4 rings (SSSR count). The molecule has 4 aromatic rings. The summed E-state index contributed by atoms with van der Waals surface area (Å²) in [5.74, 6) is 1.99. The zero-order valence-electron chi connectivity index (χ0n) is 14.2. The molecule has 0 aliphatic rings. The molecule has 1 N–H and O–H groups in total. The number of hydrogen-bond donors (Lipinski definition) is 1. The van der Waals surface area contributed by atoms with Crippen LogP contribution in [-0.4, -0.2) is 21.5 Å². The number of nitrogens with zero attached hydrogens (tertiary/aromatic N) is 3. The summed E-state index contributed by atoms with van der Waals surface area (Å²) in [6.45, 7) is 0.548. The summed E-state index contributed by atoms with van der Waals surface area (Å²) in [5.41, 5.74) is 2.73. The van der Waals surface area contributed by atoms with Crippen LogP contribution in [0.2, 0.25) is 0 Å². The molecule has 6 heteroatoms. The van der Waals surface area contributed by atoms with Gasteiger partial charge in [0, 0.05) is 24.5 Å². The minimum atomic E-state index is -0.244. The van der Waals surface area contributed by atoms with E-state index in [1.807, 2.05) is 40.9 Å². The predicted molar refractivity (Wildman–Crippen MR) is 98.7 cm³/mol. The van der Waals surface area contributed by atoms with Crippen molar-refractivity contribution in [3.63, 3.8) is 0 Å². The largest absolute Gasteiger partial charge is 0.497 e. The van der Waals surface area contributed by atoms with E-state index in [0.717, 1.165) is 28.4 Å². The molecule has 130 valence electrons. The number of fused-ring (bicyclic) bond motifs is 1. The standard InChI is InChI=1S/C20H17FN4O/c1-26-17-9-5-15(6-10-17)18-19(25-12-2-11-22-20(25)24-18)23-13-14-3-7-16(21)8-4-14/h2-12,23H,13H2,1H3. The van der Waals surface area contributed by atoms with E-state index in [-0.39, 0.29) is 5.82 Å². The SMILES string of the molecule is COc1ccc(-c2nc3ncccn3c2NCc2ccc(F)cc2)cc1. The van der Waals surface area contributed by atoms with Crippen LogP contribution in [0.3, 0.4) is 0 Å². The maximum Gasteiger partial charge on any atom is 0.235 e. The van der Waals surface area contributed by atoms with Gasteiger partial charge in [0.1, 0.15) is 23.1 Å². The second kappa shape index (κ2) is 6.84. The molecule has 0 radical (unpaired) electrons. The molecule has 2 heterocycles. The van der Waals surface area contributed by atoms with Crippen LogP contribution < -0.4 is 10.1 Å². The van der Waals surface area contributed by atoms with Gasteiger partial charge >= 0.3 is 0 Å². The Bertz CT molecular complexity index is 1030. The lowest BCUT2D eigenvalue weighted by atomic mass is 10.1. The van der Waals surface area contributed by atoms with Crippen molar-refractivity contribution < 1.29 is 9.13 Å². The number of nitrogens with one attached hydrogen (secondary N) is 1. The summed E-state index contributed by atoms with van der Waals surface area (Å²) in [4.78, 5) is 8.98. The Balaban J connectivity index is 1.72. The first-order chi connectivity index (χ1) is 12.7. The lowest BCUT2D eigenvalue weighted by molar-refractivity contribution is 0.415. The molecule has 0 atom stereocenters. The van der Waals surface area contributed by atoms with Crippen molar-refractivity contribution in [3.05, 3.63) is 78.4 Å². The molecule has 26 heavy (non-hydrogen) atoms. The third kappa shape index (κ3) is 3.09. The summed E-state index contributed by atoms with van der Waals surface area (Å²) in [7, 11) is 1.64. The molecule has 0 fully saturated rings. The average molecular weight is 348 g/mol. The topological polar surface area (TPSA) is 51.5 Å². The number of ether oxygens (including phenoxy) is 1. The molecule has 0 aliphatic heterocycles. The van der Waals surface area contributed by atoms with Gasteiger partial charge in [-0.2, -0.15) is 0 Å². The normalized spacial score (nSPS) is 10.8. The highest BCUT2D eigenvalue weighted by atomic mass is 19.1. The van der Waals surface area contributed by atoms with Crippen molar-refractivity contribution in [2.75, 3.05) is 12.4 Å². The lowest BCUT2D eigenvalue weighted by Crippen LogP contribution is -2.03. The molecule has 0 saturated heterocycles. The predicted octanol–water partition coefficient (Wildman–Crippen LogP) is 4.16. The van der Waals surface area contributed by atoms with Crippen LogP contribution in [0.4, 0.5) is 10.2 Å². The number of hydrogen-bond acceptors (Lipinski definition) is 4. The van der Waals surface area contributed by atoms with E-state index in [1.165, 1.54) is 12.1 Å². The van der Waals surface area contributed by atoms with Crippen molar-refractivity contribution >= 4 is 11.6 Å². The van der Waals surface area contributed by atoms with Gasteiger partial charge in [0.05, 0.1) is 7.11 Å². The fraction of sp³-hybridized carbons (Fsp3) is 0.100. The molecule has 0 saturated carbocycles. The summed E-state index contributed by atoms with van der Waals surface area (Å²) < 4.78 is 20.2. The van der Waals surface area contributed by atoms with Gasteiger partial charge in [0.15, 0.2) is 0 Å². The maximum atomic E-state index is 13.1. The number of methoxy groups -OCH3 is 1. The zero-order chi connectivity index (χ0) is 17.9. The van der Waals surface area contributed by atoms with Crippen molar-refractivity contribution in [1.82, 2.24) is 14.4 Å². The molecule has 2 aromatic heterocycles. The molecule has 0 spiro atoms. The van der Waals surface area contributed by atoms with E-state index < -0.39 is 0 Å². The zero-order valence-corrected chi connectivity index (χ0v) is 14.2. The minimum Gasteiger partial charge on any atom is -0.497 e. The highest BCUT2D eigenvalue weighted by molar-refractivity contribution is 5.75. The van der Waals surface area contributed by atoms with E-state index in [0.29, 0.717) is 12.3 Å². The van der Waals surface area contributed by atoms with Gasteiger partial charge in [-0.25, -0.2) is 14.4 Å². The first kappa shape index (κ1) is 16.1. The molecule has 5 nitrogen and oxygen atoms in total. The third-order valence-corrected chi connectivity index (χ3v) is 4.14. The number of benzene rings is 2. The first-order valence-corrected chi connectivity index (χ1v) is 8.20. The number of aromatic nitrogens is 3. The highest BCUT2D eigenvalue weighted by Gasteiger charge is 2.14. The van der Waals surface area contributed by atoms with Crippen LogP contribution in [0, 0.1) is 5.82 Å². The average Bonchev–Trinajstić information content (AvgIpc) is 3.06. The molecule has 0 aliphatic carbocycles.